The van der Waals surface area contributed by atoms with E-state index in [4.69, 9.17) is 9.15 Å². The van der Waals surface area contributed by atoms with Gasteiger partial charge in [-0.2, -0.15) is 0 Å². The highest BCUT2D eigenvalue weighted by Crippen LogP contribution is 2.11. The third-order valence-corrected chi connectivity index (χ3v) is 2.54. The average molecular weight is 247 g/mol. The minimum absolute atomic E-state index is 0.228. The highest BCUT2D eigenvalue weighted by Gasteiger charge is 2.15. The van der Waals surface area contributed by atoms with Crippen molar-refractivity contribution in [1.29, 1.82) is 0 Å². The Labute approximate surface area is 104 Å². The fourth-order valence-electron chi connectivity index (χ4n) is 1.69. The number of hydrogen-bond donors (Lipinski definition) is 1. The Hall–Kier alpha value is -2.30. The number of hydrogen-bond acceptors (Lipinski definition) is 4. The van der Waals surface area contributed by atoms with Gasteiger partial charge in [0.05, 0.1) is 11.8 Å². The van der Waals surface area contributed by atoms with Crippen LogP contribution in [0.3, 0.4) is 0 Å². The van der Waals surface area contributed by atoms with Crippen LogP contribution in [0.25, 0.3) is 0 Å². The second kappa shape index (κ2) is 4.91. The van der Waals surface area contributed by atoms with Gasteiger partial charge in [-0.1, -0.05) is 0 Å². The smallest absolute Gasteiger partial charge is 0.341 e. The number of ether oxygens (including phenoxy) is 1. The Morgan fingerprint density at radius 3 is 2.72 bits per heavy atom. The molecule has 0 atom stereocenters. The van der Waals surface area contributed by atoms with E-state index < -0.39 is 5.97 Å². The Bertz CT molecular complexity index is 566. The lowest BCUT2D eigenvalue weighted by Gasteiger charge is -2.02. The second-order valence-electron chi connectivity index (χ2n) is 4.00. The Kier molecular flexibility index (Phi) is 3.32. The molecule has 2 aromatic heterocycles. The van der Waals surface area contributed by atoms with Gasteiger partial charge >= 0.3 is 5.97 Å². The first-order chi connectivity index (χ1) is 8.58. The van der Waals surface area contributed by atoms with Crippen molar-refractivity contribution in [2.75, 3.05) is 6.61 Å². The second-order valence-corrected chi connectivity index (χ2v) is 4.00. The number of furan rings is 1. The van der Waals surface area contributed by atoms with Crippen LogP contribution in [0, 0.1) is 13.8 Å². The number of ketones is 1. The zero-order valence-electron chi connectivity index (χ0n) is 10.1. The quantitative estimate of drug-likeness (QED) is 0.664. The third kappa shape index (κ3) is 2.51. The monoisotopic (exact) mass is 247 g/mol. The first-order valence-corrected chi connectivity index (χ1v) is 5.46. The molecule has 0 amide bonds. The van der Waals surface area contributed by atoms with Crippen molar-refractivity contribution in [3.8, 4) is 0 Å². The van der Waals surface area contributed by atoms with Gasteiger partial charge in [-0.15, -0.1) is 0 Å². The summed E-state index contributed by atoms with van der Waals surface area (Å²) in [5.74, 6) is -0.796. The summed E-state index contributed by atoms with van der Waals surface area (Å²) in [6.07, 6.45) is 2.65. The molecule has 0 bridgehead atoms. The normalized spacial score (nSPS) is 10.3. The van der Waals surface area contributed by atoms with E-state index in [1.807, 2.05) is 6.92 Å². The number of nitrogens with one attached hydrogen (secondary N) is 1. The summed E-state index contributed by atoms with van der Waals surface area (Å²) < 4.78 is 9.66. The van der Waals surface area contributed by atoms with E-state index in [2.05, 4.69) is 4.98 Å². The summed E-state index contributed by atoms with van der Waals surface area (Å²) in [6, 6.07) is 3.22. The largest absolute Gasteiger partial charge is 0.472 e. The van der Waals surface area contributed by atoms with Crippen molar-refractivity contribution in [3.05, 3.63) is 47.2 Å². The molecule has 2 heterocycles. The van der Waals surface area contributed by atoms with Crippen LogP contribution >= 0.6 is 0 Å². The molecule has 0 aliphatic carbocycles. The van der Waals surface area contributed by atoms with Crippen LogP contribution in [-0.4, -0.2) is 23.3 Å². The molecule has 0 aromatic carbocycles. The van der Waals surface area contributed by atoms with E-state index in [0.717, 1.165) is 11.4 Å². The number of rotatable bonds is 4. The molecule has 0 aliphatic rings. The number of carbonyl (C=O) groups is 2. The van der Waals surface area contributed by atoms with E-state index >= 15 is 0 Å². The molecule has 0 fully saturated rings. The summed E-state index contributed by atoms with van der Waals surface area (Å²) in [6.45, 7) is 3.39. The minimum atomic E-state index is -0.568. The zero-order chi connectivity index (χ0) is 13.1. The standard InChI is InChI=1S/C13H13NO4/c1-8-5-11(9(2)14-8)12(15)7-18-13(16)10-3-4-17-6-10/h3-6,14H,7H2,1-2H3. The molecule has 0 radical (unpaired) electrons. The fraction of sp³-hybridized carbons (Fsp3) is 0.231. The lowest BCUT2D eigenvalue weighted by Crippen LogP contribution is -2.14. The van der Waals surface area contributed by atoms with Crippen LogP contribution in [0.2, 0.25) is 0 Å². The molecule has 2 rings (SSSR count). The highest BCUT2D eigenvalue weighted by molar-refractivity contribution is 6.00. The molecule has 0 saturated heterocycles. The van der Waals surface area contributed by atoms with Crippen molar-refractivity contribution < 1.29 is 18.7 Å². The Morgan fingerprint density at radius 2 is 2.17 bits per heavy atom. The number of aromatic amines is 1. The van der Waals surface area contributed by atoms with Crippen LogP contribution in [0.5, 0.6) is 0 Å². The van der Waals surface area contributed by atoms with Gasteiger partial charge in [0.15, 0.2) is 6.61 Å². The molecule has 0 unspecified atom stereocenters. The van der Waals surface area contributed by atoms with Gasteiger partial charge in [0.1, 0.15) is 6.26 Å². The predicted molar refractivity (Wildman–Crippen MR) is 63.6 cm³/mol. The molecule has 5 nitrogen and oxygen atoms in total. The van der Waals surface area contributed by atoms with Gasteiger partial charge < -0.3 is 14.1 Å². The predicted octanol–water partition coefficient (Wildman–Crippen LogP) is 2.26. The van der Waals surface area contributed by atoms with E-state index in [-0.39, 0.29) is 12.4 Å². The number of H-pyrrole nitrogens is 1. The summed E-state index contributed by atoms with van der Waals surface area (Å²) in [5.41, 5.74) is 2.52. The van der Waals surface area contributed by atoms with E-state index in [1.165, 1.54) is 18.6 Å². The first-order valence-electron chi connectivity index (χ1n) is 5.46. The minimum Gasteiger partial charge on any atom is -0.472 e. The van der Waals surface area contributed by atoms with Crippen molar-refractivity contribution in [3.63, 3.8) is 0 Å². The number of Topliss-reactive ketones (excluding diaryl/α,β-unsaturated/α-hetero) is 1. The maximum atomic E-state index is 11.8. The Morgan fingerprint density at radius 1 is 1.39 bits per heavy atom. The molecular formula is C13H13NO4. The summed E-state index contributed by atoms with van der Waals surface area (Å²) in [5, 5.41) is 0. The summed E-state index contributed by atoms with van der Waals surface area (Å²) >= 11 is 0. The number of carbonyl (C=O) groups excluding carboxylic acids is 2. The molecule has 18 heavy (non-hydrogen) atoms. The molecule has 2 aromatic rings. The van der Waals surface area contributed by atoms with Gasteiger partial charge in [-0.05, 0) is 26.0 Å². The van der Waals surface area contributed by atoms with Crippen LogP contribution in [-0.2, 0) is 4.74 Å². The Balaban J connectivity index is 1.97. The number of aryl methyl sites for hydroxylation is 2. The zero-order valence-corrected chi connectivity index (χ0v) is 10.1. The summed E-state index contributed by atoms with van der Waals surface area (Å²) in [4.78, 5) is 26.3. The molecule has 1 N–H and O–H groups in total. The van der Waals surface area contributed by atoms with Gasteiger partial charge in [0.25, 0.3) is 0 Å². The van der Waals surface area contributed by atoms with Crippen molar-refractivity contribution in [2.45, 2.75) is 13.8 Å². The van der Waals surface area contributed by atoms with E-state index in [9.17, 15) is 9.59 Å². The number of esters is 1. The number of aromatic nitrogens is 1. The lowest BCUT2D eigenvalue weighted by atomic mass is 10.1. The molecule has 0 aliphatic heterocycles. The topological polar surface area (TPSA) is 72.3 Å². The van der Waals surface area contributed by atoms with Crippen molar-refractivity contribution >= 4 is 11.8 Å². The third-order valence-electron chi connectivity index (χ3n) is 2.54. The lowest BCUT2D eigenvalue weighted by molar-refractivity contribution is 0.0474. The van der Waals surface area contributed by atoms with E-state index in [0.29, 0.717) is 11.1 Å². The van der Waals surface area contributed by atoms with Gasteiger partial charge in [-0.25, -0.2) is 4.79 Å². The van der Waals surface area contributed by atoms with Crippen LogP contribution in [0.4, 0.5) is 0 Å². The maximum absolute atomic E-state index is 11.8. The molecule has 94 valence electrons. The SMILES string of the molecule is Cc1cc(C(=O)COC(=O)c2ccoc2)c(C)[nH]1. The molecule has 5 heteroatoms. The van der Waals surface area contributed by atoms with Crippen LogP contribution in [0.1, 0.15) is 32.1 Å². The average Bonchev–Trinajstić information content (AvgIpc) is 2.95. The van der Waals surface area contributed by atoms with Crippen LogP contribution < -0.4 is 0 Å². The van der Waals surface area contributed by atoms with E-state index in [1.54, 1.807) is 13.0 Å². The maximum Gasteiger partial charge on any atom is 0.341 e. The van der Waals surface area contributed by atoms with Gasteiger partial charge in [-0.3, -0.25) is 4.79 Å². The molecule has 0 saturated carbocycles. The van der Waals surface area contributed by atoms with Crippen LogP contribution in [0.15, 0.2) is 29.1 Å². The fourth-order valence-corrected chi connectivity index (χ4v) is 1.69. The first kappa shape index (κ1) is 12.2. The van der Waals surface area contributed by atoms with Crippen molar-refractivity contribution in [2.24, 2.45) is 0 Å². The van der Waals surface area contributed by atoms with Gasteiger partial charge in [0, 0.05) is 17.0 Å². The molecular weight excluding hydrogens is 234 g/mol. The highest BCUT2D eigenvalue weighted by atomic mass is 16.5. The van der Waals surface area contributed by atoms with Crippen molar-refractivity contribution in [1.82, 2.24) is 4.98 Å². The summed E-state index contributed by atoms with van der Waals surface area (Å²) in [7, 11) is 0. The van der Waals surface area contributed by atoms with Gasteiger partial charge in [0.2, 0.25) is 5.78 Å². The molecule has 0 spiro atoms.